The SMILES string of the molecule is CCc1nn(-c2ccc(C)c(Cl)c2)c(CC)c1CC(=O)O. The van der Waals surface area contributed by atoms with Crippen molar-refractivity contribution in [3.63, 3.8) is 0 Å². The molecule has 1 heterocycles. The van der Waals surface area contributed by atoms with Crippen molar-refractivity contribution in [1.82, 2.24) is 9.78 Å². The van der Waals surface area contributed by atoms with Crippen molar-refractivity contribution in [2.24, 2.45) is 0 Å². The Morgan fingerprint density at radius 1 is 1.33 bits per heavy atom. The second-order valence-corrected chi connectivity index (χ2v) is 5.40. The van der Waals surface area contributed by atoms with E-state index in [1.807, 2.05) is 43.7 Å². The van der Waals surface area contributed by atoms with Gasteiger partial charge in [0.25, 0.3) is 0 Å². The predicted molar refractivity (Wildman–Crippen MR) is 83.4 cm³/mol. The van der Waals surface area contributed by atoms with Gasteiger partial charge in [-0.1, -0.05) is 31.5 Å². The van der Waals surface area contributed by atoms with Gasteiger partial charge in [0.2, 0.25) is 0 Å². The number of nitrogens with zero attached hydrogens (tertiary/aromatic N) is 2. The summed E-state index contributed by atoms with van der Waals surface area (Å²) >= 11 is 6.19. The third kappa shape index (κ3) is 3.10. The molecular weight excluding hydrogens is 288 g/mol. The zero-order valence-corrected chi connectivity index (χ0v) is 13.2. The molecule has 2 rings (SSSR count). The fourth-order valence-corrected chi connectivity index (χ4v) is 2.64. The maximum atomic E-state index is 11.1. The summed E-state index contributed by atoms with van der Waals surface area (Å²) in [5.74, 6) is -0.833. The fraction of sp³-hybridized carbons (Fsp3) is 0.375. The summed E-state index contributed by atoms with van der Waals surface area (Å²) in [5.41, 5.74) is 4.48. The highest BCUT2D eigenvalue weighted by Crippen LogP contribution is 2.24. The molecule has 0 atom stereocenters. The summed E-state index contributed by atoms with van der Waals surface area (Å²) in [7, 11) is 0. The van der Waals surface area contributed by atoms with Crippen LogP contribution < -0.4 is 0 Å². The number of hydrogen-bond acceptors (Lipinski definition) is 2. The molecule has 1 N–H and O–H groups in total. The number of carbonyl (C=O) groups is 1. The van der Waals surface area contributed by atoms with E-state index in [2.05, 4.69) is 5.10 Å². The number of aliphatic carboxylic acids is 1. The zero-order chi connectivity index (χ0) is 15.6. The Hall–Kier alpha value is -1.81. The van der Waals surface area contributed by atoms with Gasteiger partial charge in [-0.2, -0.15) is 5.10 Å². The van der Waals surface area contributed by atoms with Crippen LogP contribution in [0.25, 0.3) is 5.69 Å². The molecule has 21 heavy (non-hydrogen) atoms. The monoisotopic (exact) mass is 306 g/mol. The van der Waals surface area contributed by atoms with E-state index in [4.69, 9.17) is 16.7 Å². The van der Waals surface area contributed by atoms with Crippen LogP contribution in [0.3, 0.4) is 0 Å². The molecule has 112 valence electrons. The first-order valence-electron chi connectivity index (χ1n) is 7.05. The number of carboxylic acids is 1. The van der Waals surface area contributed by atoms with Crippen molar-refractivity contribution in [1.29, 1.82) is 0 Å². The highest BCUT2D eigenvalue weighted by atomic mass is 35.5. The van der Waals surface area contributed by atoms with E-state index in [9.17, 15) is 4.79 Å². The molecular formula is C16H19ClN2O2. The number of aromatic nitrogens is 2. The molecule has 0 saturated heterocycles. The molecule has 1 aromatic carbocycles. The van der Waals surface area contributed by atoms with E-state index in [0.717, 1.165) is 34.6 Å². The van der Waals surface area contributed by atoms with Gasteiger partial charge in [0, 0.05) is 16.3 Å². The molecule has 0 aliphatic heterocycles. The topological polar surface area (TPSA) is 55.1 Å². The average Bonchev–Trinajstić information content (AvgIpc) is 2.78. The first kappa shape index (κ1) is 15.6. The van der Waals surface area contributed by atoms with Gasteiger partial charge in [0.15, 0.2) is 0 Å². The summed E-state index contributed by atoms with van der Waals surface area (Å²) in [4.78, 5) is 11.1. The molecule has 0 fully saturated rings. The predicted octanol–water partition coefficient (Wildman–Crippen LogP) is 3.59. The van der Waals surface area contributed by atoms with Crippen molar-refractivity contribution in [3.05, 3.63) is 45.7 Å². The average molecular weight is 307 g/mol. The van der Waals surface area contributed by atoms with Crippen LogP contribution in [0.4, 0.5) is 0 Å². The van der Waals surface area contributed by atoms with E-state index in [0.29, 0.717) is 11.4 Å². The van der Waals surface area contributed by atoms with Crippen molar-refractivity contribution in [2.45, 2.75) is 40.0 Å². The minimum Gasteiger partial charge on any atom is -0.481 e. The first-order valence-corrected chi connectivity index (χ1v) is 7.43. The minimum absolute atomic E-state index is 0.00589. The van der Waals surface area contributed by atoms with Gasteiger partial charge in [-0.15, -0.1) is 0 Å². The summed E-state index contributed by atoms with van der Waals surface area (Å²) < 4.78 is 1.82. The van der Waals surface area contributed by atoms with Crippen molar-refractivity contribution >= 4 is 17.6 Å². The number of halogens is 1. The molecule has 0 saturated carbocycles. The maximum Gasteiger partial charge on any atom is 0.307 e. The Bertz CT molecular complexity index is 677. The quantitative estimate of drug-likeness (QED) is 0.918. The number of carboxylic acid groups (broad SMARTS) is 1. The Balaban J connectivity index is 2.60. The van der Waals surface area contributed by atoms with Gasteiger partial charge < -0.3 is 5.11 Å². The van der Waals surface area contributed by atoms with E-state index in [1.54, 1.807) is 0 Å². The zero-order valence-electron chi connectivity index (χ0n) is 12.5. The fourth-order valence-electron chi connectivity index (χ4n) is 2.47. The lowest BCUT2D eigenvalue weighted by Gasteiger charge is -2.08. The van der Waals surface area contributed by atoms with Crippen molar-refractivity contribution in [2.75, 3.05) is 0 Å². The molecule has 0 bridgehead atoms. The van der Waals surface area contributed by atoms with Gasteiger partial charge in [-0.25, -0.2) is 4.68 Å². The highest BCUT2D eigenvalue weighted by molar-refractivity contribution is 6.31. The Morgan fingerprint density at radius 2 is 2.05 bits per heavy atom. The van der Waals surface area contributed by atoms with Crippen LogP contribution >= 0.6 is 11.6 Å². The number of aryl methyl sites for hydroxylation is 2. The summed E-state index contributed by atoms with van der Waals surface area (Å²) in [6, 6.07) is 5.77. The molecule has 0 aliphatic rings. The van der Waals surface area contributed by atoms with Crippen molar-refractivity contribution in [3.8, 4) is 5.69 Å². The minimum atomic E-state index is -0.833. The van der Waals surface area contributed by atoms with Crippen LogP contribution in [-0.4, -0.2) is 20.9 Å². The van der Waals surface area contributed by atoms with Crippen LogP contribution in [0.1, 0.15) is 36.4 Å². The lowest BCUT2D eigenvalue weighted by atomic mass is 10.1. The molecule has 0 unspecified atom stereocenters. The maximum absolute atomic E-state index is 11.1. The van der Waals surface area contributed by atoms with Crippen LogP contribution in [0, 0.1) is 6.92 Å². The van der Waals surface area contributed by atoms with E-state index in [1.165, 1.54) is 0 Å². The largest absolute Gasteiger partial charge is 0.481 e. The van der Waals surface area contributed by atoms with E-state index >= 15 is 0 Å². The molecule has 4 nitrogen and oxygen atoms in total. The first-order chi connectivity index (χ1) is 9.97. The van der Waals surface area contributed by atoms with Crippen LogP contribution in [0.15, 0.2) is 18.2 Å². The van der Waals surface area contributed by atoms with Gasteiger partial charge in [-0.3, -0.25) is 4.79 Å². The number of rotatable bonds is 5. The molecule has 1 aromatic heterocycles. The number of hydrogen-bond donors (Lipinski definition) is 1. The Kier molecular flexibility index (Phi) is 4.68. The van der Waals surface area contributed by atoms with Gasteiger partial charge in [0.1, 0.15) is 0 Å². The lowest BCUT2D eigenvalue weighted by molar-refractivity contribution is -0.136. The molecule has 5 heteroatoms. The smallest absolute Gasteiger partial charge is 0.307 e. The van der Waals surface area contributed by atoms with Gasteiger partial charge in [-0.05, 0) is 37.5 Å². The second-order valence-electron chi connectivity index (χ2n) is 4.99. The van der Waals surface area contributed by atoms with Gasteiger partial charge in [0.05, 0.1) is 17.8 Å². The Labute approximate surface area is 129 Å². The molecule has 0 aliphatic carbocycles. The molecule has 2 aromatic rings. The van der Waals surface area contributed by atoms with Gasteiger partial charge >= 0.3 is 5.97 Å². The summed E-state index contributed by atoms with van der Waals surface area (Å²) in [6.07, 6.45) is 1.44. The van der Waals surface area contributed by atoms with Crippen LogP contribution in [-0.2, 0) is 24.1 Å². The third-order valence-electron chi connectivity index (χ3n) is 3.57. The third-order valence-corrected chi connectivity index (χ3v) is 3.98. The standard InChI is InChI=1S/C16H19ClN2O2/c1-4-14-12(9-16(20)21)15(5-2)19(18-14)11-7-6-10(3)13(17)8-11/h6-8H,4-5,9H2,1-3H3,(H,20,21). The highest BCUT2D eigenvalue weighted by Gasteiger charge is 2.19. The van der Waals surface area contributed by atoms with E-state index < -0.39 is 5.97 Å². The molecule has 0 radical (unpaired) electrons. The molecule has 0 amide bonds. The second kappa shape index (κ2) is 6.31. The normalized spacial score (nSPS) is 10.9. The summed E-state index contributed by atoms with van der Waals surface area (Å²) in [5, 5.41) is 14.4. The summed E-state index contributed by atoms with van der Waals surface area (Å²) in [6.45, 7) is 5.94. The van der Waals surface area contributed by atoms with E-state index in [-0.39, 0.29) is 6.42 Å². The molecule has 0 spiro atoms. The lowest BCUT2D eigenvalue weighted by Crippen LogP contribution is -2.06. The van der Waals surface area contributed by atoms with Crippen LogP contribution in [0.2, 0.25) is 5.02 Å². The Morgan fingerprint density at radius 3 is 2.57 bits per heavy atom. The van der Waals surface area contributed by atoms with Crippen molar-refractivity contribution < 1.29 is 9.90 Å². The number of benzene rings is 1. The van der Waals surface area contributed by atoms with Crippen LogP contribution in [0.5, 0.6) is 0 Å².